The van der Waals surface area contributed by atoms with Crippen molar-refractivity contribution in [2.75, 3.05) is 5.32 Å². The van der Waals surface area contributed by atoms with E-state index in [4.69, 9.17) is 0 Å². The van der Waals surface area contributed by atoms with Crippen LogP contribution in [0.3, 0.4) is 0 Å². The van der Waals surface area contributed by atoms with Gasteiger partial charge in [0.15, 0.2) is 5.69 Å². The maximum Gasteiger partial charge on any atom is 0.277 e. The Kier molecular flexibility index (Phi) is 4.75. The molecule has 0 saturated carbocycles. The molecule has 26 heavy (non-hydrogen) atoms. The van der Waals surface area contributed by atoms with Gasteiger partial charge in [-0.25, -0.2) is 4.68 Å². The normalized spacial score (nSPS) is 11.3. The van der Waals surface area contributed by atoms with Gasteiger partial charge in [-0.15, -0.1) is 5.10 Å². The Bertz CT molecular complexity index is 911. The van der Waals surface area contributed by atoms with E-state index in [-0.39, 0.29) is 16.9 Å². The van der Waals surface area contributed by atoms with Crippen molar-refractivity contribution in [2.45, 2.75) is 32.7 Å². The number of aromatic nitrogens is 3. The van der Waals surface area contributed by atoms with Crippen LogP contribution in [0, 0.1) is 0 Å². The number of anilines is 1. The fourth-order valence-electron chi connectivity index (χ4n) is 2.54. The van der Waals surface area contributed by atoms with Crippen molar-refractivity contribution in [1.29, 1.82) is 0 Å². The highest BCUT2D eigenvalue weighted by Gasteiger charge is 2.18. The zero-order valence-electron chi connectivity index (χ0n) is 15.1. The number of carbonyl (C=O) groups is 1. The Labute approximate surface area is 152 Å². The minimum atomic E-state index is -0.411. The number of aromatic hydroxyl groups is 1. The van der Waals surface area contributed by atoms with Crippen LogP contribution in [0.2, 0.25) is 0 Å². The van der Waals surface area contributed by atoms with Gasteiger partial charge in [0.2, 0.25) is 0 Å². The predicted octanol–water partition coefficient (Wildman–Crippen LogP) is 3.58. The van der Waals surface area contributed by atoms with Gasteiger partial charge in [-0.3, -0.25) is 4.79 Å². The molecule has 3 aromatic rings. The third-order valence-electron chi connectivity index (χ3n) is 4.07. The molecule has 6 nitrogen and oxygen atoms in total. The Morgan fingerprint density at radius 2 is 1.88 bits per heavy atom. The Hall–Kier alpha value is -3.15. The highest BCUT2D eigenvalue weighted by molar-refractivity contribution is 6.03. The summed E-state index contributed by atoms with van der Waals surface area (Å²) in [5, 5.41) is 20.7. The first-order valence-electron chi connectivity index (χ1n) is 8.42. The zero-order valence-corrected chi connectivity index (χ0v) is 15.1. The van der Waals surface area contributed by atoms with Crippen molar-refractivity contribution in [3.8, 4) is 5.75 Å². The maximum absolute atomic E-state index is 12.5. The van der Waals surface area contributed by atoms with Crippen LogP contribution >= 0.6 is 0 Å². The lowest BCUT2D eigenvalue weighted by Crippen LogP contribution is -2.15. The van der Waals surface area contributed by atoms with E-state index in [1.54, 1.807) is 23.0 Å². The molecule has 2 N–H and O–H groups in total. The van der Waals surface area contributed by atoms with Crippen molar-refractivity contribution >= 4 is 11.6 Å². The number of rotatable bonds is 4. The van der Waals surface area contributed by atoms with E-state index >= 15 is 0 Å². The average molecular weight is 350 g/mol. The molecule has 0 radical (unpaired) electrons. The van der Waals surface area contributed by atoms with Crippen LogP contribution in [0.4, 0.5) is 5.69 Å². The molecule has 134 valence electrons. The minimum absolute atomic E-state index is 0.0167. The highest BCUT2D eigenvalue weighted by Crippen LogP contribution is 2.30. The van der Waals surface area contributed by atoms with Crippen molar-refractivity contribution < 1.29 is 9.90 Å². The Morgan fingerprint density at radius 1 is 1.15 bits per heavy atom. The molecule has 1 heterocycles. The molecule has 0 unspecified atom stereocenters. The summed E-state index contributed by atoms with van der Waals surface area (Å²) >= 11 is 0. The van der Waals surface area contributed by atoms with Gasteiger partial charge in [0.1, 0.15) is 5.75 Å². The number of nitrogens with zero attached hydrogens (tertiary/aromatic N) is 3. The van der Waals surface area contributed by atoms with Gasteiger partial charge in [0, 0.05) is 0 Å². The van der Waals surface area contributed by atoms with Gasteiger partial charge < -0.3 is 10.4 Å². The zero-order chi connectivity index (χ0) is 18.7. The van der Waals surface area contributed by atoms with Gasteiger partial charge in [-0.2, -0.15) is 0 Å². The summed E-state index contributed by atoms with van der Waals surface area (Å²) in [6.07, 6.45) is 1.59. The van der Waals surface area contributed by atoms with E-state index in [9.17, 15) is 9.90 Å². The van der Waals surface area contributed by atoms with Gasteiger partial charge >= 0.3 is 0 Å². The topological polar surface area (TPSA) is 80.0 Å². The number of benzene rings is 2. The maximum atomic E-state index is 12.5. The van der Waals surface area contributed by atoms with Gasteiger partial charge in [0.05, 0.1) is 18.4 Å². The number of hydrogen-bond acceptors (Lipinski definition) is 4. The molecule has 0 spiro atoms. The van der Waals surface area contributed by atoms with Crippen molar-refractivity contribution in [2.24, 2.45) is 0 Å². The summed E-state index contributed by atoms with van der Waals surface area (Å²) in [6, 6.07) is 15.0. The quantitative estimate of drug-likeness (QED) is 0.705. The van der Waals surface area contributed by atoms with E-state index in [2.05, 4.69) is 36.4 Å². The van der Waals surface area contributed by atoms with Crippen LogP contribution in [-0.2, 0) is 12.0 Å². The van der Waals surface area contributed by atoms with E-state index in [1.165, 1.54) is 0 Å². The molecule has 0 atom stereocenters. The molecule has 3 rings (SSSR count). The van der Waals surface area contributed by atoms with E-state index < -0.39 is 5.91 Å². The standard InChI is InChI=1S/C20H22N4O2/c1-20(2,3)15-9-10-18(25)16(11-15)21-19(26)17-13-24(23-22-17)12-14-7-5-4-6-8-14/h4-11,13,25H,12H2,1-3H3,(H,21,26). The second-order valence-electron chi connectivity index (χ2n) is 7.22. The van der Waals surface area contributed by atoms with E-state index in [0.29, 0.717) is 12.2 Å². The molecule has 0 bridgehead atoms. The summed E-state index contributed by atoms with van der Waals surface area (Å²) in [5.41, 5.74) is 2.55. The summed E-state index contributed by atoms with van der Waals surface area (Å²) in [4.78, 5) is 12.5. The van der Waals surface area contributed by atoms with Crippen LogP contribution < -0.4 is 5.32 Å². The SMILES string of the molecule is CC(C)(C)c1ccc(O)c(NC(=O)c2cn(Cc3ccccc3)nn2)c1. The minimum Gasteiger partial charge on any atom is -0.506 e. The fourth-order valence-corrected chi connectivity index (χ4v) is 2.54. The molecule has 0 saturated heterocycles. The number of hydrogen-bond donors (Lipinski definition) is 2. The van der Waals surface area contributed by atoms with Crippen LogP contribution in [0.25, 0.3) is 0 Å². The number of amides is 1. The fraction of sp³-hybridized carbons (Fsp3) is 0.250. The van der Waals surface area contributed by atoms with Crippen LogP contribution in [0.1, 0.15) is 42.4 Å². The first kappa shape index (κ1) is 17.7. The molecular formula is C20H22N4O2. The molecule has 6 heteroatoms. The summed E-state index contributed by atoms with van der Waals surface area (Å²) in [5.74, 6) is -0.395. The highest BCUT2D eigenvalue weighted by atomic mass is 16.3. The van der Waals surface area contributed by atoms with E-state index in [0.717, 1.165) is 11.1 Å². The molecule has 1 aromatic heterocycles. The second kappa shape index (κ2) is 7.00. The average Bonchev–Trinajstić information content (AvgIpc) is 3.05. The third-order valence-corrected chi connectivity index (χ3v) is 4.07. The lowest BCUT2D eigenvalue weighted by molar-refractivity contribution is 0.102. The molecule has 2 aromatic carbocycles. The van der Waals surface area contributed by atoms with Gasteiger partial charge in [-0.1, -0.05) is 62.4 Å². The van der Waals surface area contributed by atoms with Crippen molar-refractivity contribution in [3.05, 3.63) is 71.5 Å². The Morgan fingerprint density at radius 3 is 2.58 bits per heavy atom. The molecular weight excluding hydrogens is 328 g/mol. The number of phenolic OH excluding ortho intramolecular Hbond substituents is 1. The third kappa shape index (κ3) is 4.08. The number of nitrogens with one attached hydrogen (secondary N) is 1. The molecule has 0 fully saturated rings. The number of carbonyl (C=O) groups excluding carboxylic acids is 1. The van der Waals surface area contributed by atoms with Crippen molar-refractivity contribution in [1.82, 2.24) is 15.0 Å². The van der Waals surface area contributed by atoms with Crippen LogP contribution in [-0.4, -0.2) is 26.0 Å². The first-order chi connectivity index (χ1) is 12.3. The molecule has 0 aliphatic rings. The van der Waals surface area contributed by atoms with Gasteiger partial charge in [-0.05, 0) is 28.7 Å². The lowest BCUT2D eigenvalue weighted by Gasteiger charge is -2.20. The largest absolute Gasteiger partial charge is 0.506 e. The summed E-state index contributed by atoms with van der Waals surface area (Å²) in [6.45, 7) is 6.74. The molecule has 0 aliphatic heterocycles. The predicted molar refractivity (Wildman–Crippen MR) is 100 cm³/mol. The molecule has 0 aliphatic carbocycles. The van der Waals surface area contributed by atoms with Crippen molar-refractivity contribution in [3.63, 3.8) is 0 Å². The first-order valence-corrected chi connectivity index (χ1v) is 8.42. The molecule has 1 amide bonds. The number of phenols is 1. The summed E-state index contributed by atoms with van der Waals surface area (Å²) in [7, 11) is 0. The summed E-state index contributed by atoms with van der Waals surface area (Å²) < 4.78 is 1.61. The lowest BCUT2D eigenvalue weighted by atomic mass is 9.87. The second-order valence-corrected chi connectivity index (χ2v) is 7.22. The van der Waals surface area contributed by atoms with E-state index in [1.807, 2.05) is 36.4 Å². The Balaban J connectivity index is 1.75. The monoisotopic (exact) mass is 350 g/mol. The smallest absolute Gasteiger partial charge is 0.277 e. The van der Waals surface area contributed by atoms with Crippen LogP contribution in [0.15, 0.2) is 54.7 Å². The van der Waals surface area contributed by atoms with Crippen LogP contribution in [0.5, 0.6) is 5.75 Å². The van der Waals surface area contributed by atoms with Gasteiger partial charge in [0.25, 0.3) is 5.91 Å².